The molecule has 0 amide bonds. The number of rotatable bonds is 27. The van der Waals surface area contributed by atoms with E-state index in [0.29, 0.717) is 0 Å². The van der Waals surface area contributed by atoms with Crippen LogP contribution in [0.5, 0.6) is 0 Å². The van der Waals surface area contributed by atoms with E-state index in [1.165, 1.54) is 173 Å². The zero-order valence-corrected chi connectivity index (χ0v) is 27.8. The van der Waals surface area contributed by atoms with Crippen molar-refractivity contribution < 1.29 is 31.3 Å². The van der Waals surface area contributed by atoms with Gasteiger partial charge in [0.05, 0.1) is 0 Å². The van der Waals surface area contributed by atoms with Crippen molar-refractivity contribution in [3.05, 3.63) is 6.92 Å². The van der Waals surface area contributed by atoms with E-state index >= 15 is 0 Å². The van der Waals surface area contributed by atoms with Crippen molar-refractivity contribution in [2.75, 3.05) is 0 Å². The predicted octanol–water partition coefficient (Wildman–Crippen LogP) is 12.5. The summed E-state index contributed by atoms with van der Waals surface area (Å²) < 4.78 is 0. The summed E-state index contributed by atoms with van der Waals surface area (Å²) in [6.45, 7) is 6.22. The van der Waals surface area contributed by atoms with Crippen LogP contribution in [0.2, 0.25) is 0 Å². The monoisotopic (exact) mass is 611 g/mol. The fourth-order valence-electron chi connectivity index (χ4n) is 4.67. The largest absolute Gasteiger partial charge is 0.365 e. The fourth-order valence-corrected chi connectivity index (χ4v) is 4.67. The van der Waals surface area contributed by atoms with Gasteiger partial charge < -0.3 is 12.0 Å². The summed E-state index contributed by atoms with van der Waals surface area (Å²) in [4.78, 5) is 0. The summed E-state index contributed by atoms with van der Waals surface area (Å²) in [6, 6.07) is 0. The number of unbranched alkanes of at least 4 members (excludes halogenated alkanes) is 27. The van der Waals surface area contributed by atoms with Crippen molar-refractivity contribution in [3.8, 4) is 0 Å². The molecule has 0 unspecified atom stereocenters. The molecule has 4 heteroatoms. The summed E-state index contributed by atoms with van der Waals surface area (Å²) >= 11 is 9.19. The van der Waals surface area contributed by atoms with Gasteiger partial charge >= 0.3 is 0 Å². The van der Waals surface area contributed by atoms with Gasteiger partial charge in [0.1, 0.15) is 0 Å². The van der Waals surface area contributed by atoms with Crippen LogP contribution in [0.15, 0.2) is 0 Å². The van der Waals surface area contributed by atoms with Gasteiger partial charge in [-0.1, -0.05) is 203 Å². The Balaban J connectivity index is -0.00000189. The summed E-state index contributed by atoms with van der Waals surface area (Å²) in [5, 5.41) is 6.36. The number of alkyl halides is 2. The van der Waals surface area contributed by atoms with Crippen LogP contribution in [0.3, 0.4) is 0 Å². The number of hydrogen-bond acceptors (Lipinski definition) is 1. The Hall–Kier alpha value is 1.42. The first-order valence-electron chi connectivity index (χ1n) is 15.4. The molecule has 0 aliphatic rings. The zero-order chi connectivity index (χ0) is 25.4. The maximum Gasteiger partial charge on any atom is 0.204 e. The molecule has 0 aliphatic heterocycles. The third-order valence-corrected chi connectivity index (χ3v) is 6.85. The standard InChI is InChI=1S/C30H61.CH2Cl2O.Zr/c1-3-5-7-9-11-13-15-17-19-21-23-25-27-29-30-28-26-24-22-20-18-16-14-12-10-8-6-4-2;2-1(3)4;/h1,3-30H2,2H3;1,4H;/q-1;;. The van der Waals surface area contributed by atoms with E-state index in [9.17, 15) is 0 Å². The Bertz CT molecular complexity index is 298. The van der Waals surface area contributed by atoms with E-state index in [2.05, 4.69) is 37.0 Å². The molecular weight excluding hydrogens is 550 g/mol. The normalized spacial score (nSPS) is 10.8. The maximum absolute atomic E-state index is 7.59. The molecule has 0 atom stereocenters. The van der Waals surface area contributed by atoms with Crippen LogP contribution in [-0.2, 0) is 26.2 Å². The first-order valence-corrected chi connectivity index (χ1v) is 16.3. The summed E-state index contributed by atoms with van der Waals surface area (Å²) in [6.07, 6.45) is 40.8. The summed E-state index contributed by atoms with van der Waals surface area (Å²) in [7, 11) is 0. The van der Waals surface area contributed by atoms with Crippen molar-refractivity contribution >= 4 is 23.2 Å². The van der Waals surface area contributed by atoms with Crippen molar-refractivity contribution in [1.82, 2.24) is 0 Å². The van der Waals surface area contributed by atoms with Gasteiger partial charge in [0.25, 0.3) is 0 Å². The Morgan fingerprint density at radius 3 is 0.714 bits per heavy atom. The van der Waals surface area contributed by atoms with Gasteiger partial charge in [-0.2, -0.15) is 6.42 Å². The molecule has 0 rings (SSSR count). The van der Waals surface area contributed by atoms with Crippen LogP contribution in [-0.4, -0.2) is 10.1 Å². The van der Waals surface area contributed by atoms with Crippen LogP contribution < -0.4 is 0 Å². The van der Waals surface area contributed by atoms with Gasteiger partial charge in [0, 0.05) is 26.2 Å². The van der Waals surface area contributed by atoms with Crippen LogP contribution >= 0.6 is 23.2 Å². The van der Waals surface area contributed by atoms with Crippen molar-refractivity contribution in [3.63, 3.8) is 0 Å². The van der Waals surface area contributed by atoms with E-state index in [0.717, 1.165) is 6.42 Å². The number of aliphatic hydroxyl groups is 1. The van der Waals surface area contributed by atoms with E-state index in [-0.39, 0.29) is 26.2 Å². The zero-order valence-electron chi connectivity index (χ0n) is 23.8. The second-order valence-corrected chi connectivity index (χ2v) is 11.4. The van der Waals surface area contributed by atoms with Gasteiger partial charge in [0.2, 0.25) is 5.02 Å². The smallest absolute Gasteiger partial charge is 0.204 e. The topological polar surface area (TPSA) is 20.2 Å². The third kappa shape index (κ3) is 49.0. The number of halogens is 2. The minimum atomic E-state index is -1.22. The van der Waals surface area contributed by atoms with Gasteiger partial charge in [-0.05, 0) is 0 Å². The van der Waals surface area contributed by atoms with Crippen LogP contribution in [0, 0.1) is 6.92 Å². The van der Waals surface area contributed by atoms with Gasteiger partial charge in [-0.25, -0.2) is 0 Å². The Morgan fingerprint density at radius 1 is 0.429 bits per heavy atom. The molecule has 0 heterocycles. The SMILES string of the molecule is OC(Cl)Cl.[CH2-]CCCCCCCCCCCCCCCCCCCCCCCCCCCCC.[Zr]. The molecule has 0 aromatic heterocycles. The van der Waals surface area contributed by atoms with Crippen molar-refractivity contribution in [2.45, 2.75) is 192 Å². The molecule has 1 N–H and O–H groups in total. The van der Waals surface area contributed by atoms with Crippen molar-refractivity contribution in [1.29, 1.82) is 0 Å². The first-order chi connectivity index (χ1) is 16.6. The van der Waals surface area contributed by atoms with Gasteiger partial charge in [-0.15, -0.1) is 0 Å². The quantitative estimate of drug-likeness (QED) is 0.0555. The average Bonchev–Trinajstić information content (AvgIpc) is 2.81. The molecule has 0 aliphatic carbocycles. The average molecular weight is 614 g/mol. The first kappa shape index (κ1) is 40.9. The van der Waals surface area contributed by atoms with Crippen LogP contribution in [0.1, 0.15) is 187 Å². The van der Waals surface area contributed by atoms with E-state index in [1.54, 1.807) is 0 Å². The minimum absolute atomic E-state index is 0. The molecule has 212 valence electrons. The van der Waals surface area contributed by atoms with Crippen LogP contribution in [0.25, 0.3) is 0 Å². The second kappa shape index (κ2) is 39.9. The van der Waals surface area contributed by atoms with Crippen LogP contribution in [0.4, 0.5) is 0 Å². The number of aliphatic hydroxyl groups excluding tert-OH is 1. The third-order valence-electron chi connectivity index (χ3n) is 6.85. The molecule has 0 radical (unpaired) electrons. The molecule has 0 aromatic carbocycles. The maximum atomic E-state index is 7.59. The second-order valence-electron chi connectivity index (χ2n) is 10.3. The summed E-state index contributed by atoms with van der Waals surface area (Å²) in [5.41, 5.74) is 0. The fraction of sp³-hybridized carbons (Fsp3) is 0.968. The molecule has 1 nitrogen and oxygen atoms in total. The summed E-state index contributed by atoms with van der Waals surface area (Å²) in [5.74, 6) is 0. The number of hydrogen-bond donors (Lipinski definition) is 1. The minimum Gasteiger partial charge on any atom is -0.365 e. The van der Waals surface area contributed by atoms with Gasteiger partial charge in [-0.3, -0.25) is 0 Å². The van der Waals surface area contributed by atoms with E-state index in [4.69, 9.17) is 5.11 Å². The molecule has 35 heavy (non-hydrogen) atoms. The predicted molar refractivity (Wildman–Crippen MR) is 158 cm³/mol. The molecule has 0 bridgehead atoms. The Kier molecular flexibility index (Phi) is 46.7. The molecule has 0 aromatic rings. The van der Waals surface area contributed by atoms with Gasteiger partial charge in [0.15, 0.2) is 0 Å². The molecule has 0 fully saturated rings. The Morgan fingerprint density at radius 2 is 0.571 bits per heavy atom. The Labute approximate surface area is 251 Å². The molecule has 0 saturated heterocycles. The molecule has 0 spiro atoms. The molecular formula is C31H63Cl2OZr-. The van der Waals surface area contributed by atoms with E-state index < -0.39 is 5.02 Å². The van der Waals surface area contributed by atoms with E-state index in [1.807, 2.05) is 0 Å². The molecule has 0 saturated carbocycles. The van der Waals surface area contributed by atoms with Crippen molar-refractivity contribution in [2.24, 2.45) is 0 Å².